The van der Waals surface area contributed by atoms with Gasteiger partial charge in [0.15, 0.2) is 0 Å². The maximum atomic E-state index is 6.03. The Morgan fingerprint density at radius 3 is 2.79 bits per heavy atom. The van der Waals surface area contributed by atoms with E-state index >= 15 is 0 Å². The monoisotopic (exact) mass is 319 g/mol. The normalized spacial score (nSPS) is 10.4. The molecule has 2 aromatic rings. The second-order valence-electron chi connectivity index (χ2n) is 2.78. The van der Waals surface area contributed by atoms with Gasteiger partial charge in [0.05, 0.1) is 20.5 Å². The fourth-order valence-corrected chi connectivity index (χ4v) is 1.85. The molecule has 5 heteroatoms. The molecule has 1 aromatic heterocycles. The molecule has 0 spiro atoms. The summed E-state index contributed by atoms with van der Waals surface area (Å²) in [5, 5.41) is 4.75. The quantitative estimate of drug-likeness (QED) is 0.649. The van der Waals surface area contributed by atoms with Crippen molar-refractivity contribution < 1.29 is 0 Å². The van der Waals surface area contributed by atoms with Crippen LogP contribution in [0, 0.1) is 3.57 Å². The third-order valence-electron chi connectivity index (χ3n) is 1.80. The van der Waals surface area contributed by atoms with Crippen molar-refractivity contribution in [3.05, 3.63) is 39.2 Å². The topological polar surface area (TPSA) is 43.8 Å². The third-order valence-corrected chi connectivity index (χ3v) is 2.66. The Labute approximate surface area is 100 Å². The maximum absolute atomic E-state index is 6.03. The number of aromatic nitrogens is 2. The molecule has 1 heterocycles. The number of anilines is 1. The number of para-hydroxylation sites is 1. The Morgan fingerprint density at radius 1 is 1.43 bits per heavy atom. The Morgan fingerprint density at radius 2 is 2.21 bits per heavy atom. The minimum absolute atomic E-state index is 0.601. The molecule has 0 saturated heterocycles. The summed E-state index contributed by atoms with van der Waals surface area (Å²) in [6.45, 7) is 0. The standard InChI is InChI=1S/C9H7ClIN3/c10-7-2-1-3-8(12)9(7)14-5-6(11)4-13-14/h1-5H,12H2. The molecule has 3 nitrogen and oxygen atoms in total. The molecule has 0 aliphatic carbocycles. The van der Waals surface area contributed by atoms with Crippen molar-refractivity contribution in [1.82, 2.24) is 9.78 Å². The number of nitrogens with zero attached hydrogens (tertiary/aromatic N) is 2. The molecule has 1 aromatic carbocycles. The van der Waals surface area contributed by atoms with Gasteiger partial charge in [-0.15, -0.1) is 0 Å². The van der Waals surface area contributed by atoms with Gasteiger partial charge in [-0.25, -0.2) is 4.68 Å². The molecule has 0 aliphatic rings. The molecule has 72 valence electrons. The van der Waals surface area contributed by atoms with Crippen LogP contribution in [0.15, 0.2) is 30.6 Å². The fourth-order valence-electron chi connectivity index (χ4n) is 1.20. The Bertz CT molecular complexity index is 447. The summed E-state index contributed by atoms with van der Waals surface area (Å²) < 4.78 is 2.72. The third kappa shape index (κ3) is 1.72. The van der Waals surface area contributed by atoms with Crippen LogP contribution in [0.3, 0.4) is 0 Å². The van der Waals surface area contributed by atoms with Gasteiger partial charge in [0.25, 0.3) is 0 Å². The molecule has 0 bridgehead atoms. The summed E-state index contributed by atoms with van der Waals surface area (Å²) in [7, 11) is 0. The van der Waals surface area contributed by atoms with Gasteiger partial charge >= 0.3 is 0 Å². The molecule has 2 N–H and O–H groups in total. The summed E-state index contributed by atoms with van der Waals surface area (Å²) in [5.41, 5.74) is 7.17. The molecule has 0 amide bonds. The first-order valence-electron chi connectivity index (χ1n) is 3.93. The van der Waals surface area contributed by atoms with E-state index in [2.05, 4.69) is 27.7 Å². The van der Waals surface area contributed by atoms with E-state index in [0.29, 0.717) is 10.7 Å². The van der Waals surface area contributed by atoms with E-state index in [9.17, 15) is 0 Å². The van der Waals surface area contributed by atoms with Gasteiger partial charge in [-0.1, -0.05) is 17.7 Å². The molecule has 0 unspecified atom stereocenters. The minimum atomic E-state index is 0.601. The van der Waals surface area contributed by atoms with Crippen molar-refractivity contribution in [1.29, 1.82) is 0 Å². The van der Waals surface area contributed by atoms with Crippen LogP contribution in [0.4, 0.5) is 5.69 Å². The van der Waals surface area contributed by atoms with Crippen molar-refractivity contribution in [2.75, 3.05) is 5.73 Å². The average Bonchev–Trinajstić information content (AvgIpc) is 2.51. The van der Waals surface area contributed by atoms with Gasteiger partial charge in [-0.3, -0.25) is 0 Å². The summed E-state index contributed by atoms with van der Waals surface area (Å²) in [5.74, 6) is 0. The van der Waals surface area contributed by atoms with Crippen molar-refractivity contribution in [2.45, 2.75) is 0 Å². The number of nitrogens with two attached hydrogens (primary N) is 1. The van der Waals surface area contributed by atoms with Crippen LogP contribution >= 0.6 is 34.2 Å². The molecule has 2 rings (SSSR count). The van der Waals surface area contributed by atoms with E-state index < -0.39 is 0 Å². The number of benzene rings is 1. The first kappa shape index (κ1) is 9.79. The molecule has 14 heavy (non-hydrogen) atoms. The fraction of sp³-hybridized carbons (Fsp3) is 0. The molecule has 0 radical (unpaired) electrons. The summed E-state index contributed by atoms with van der Waals surface area (Å²) >= 11 is 8.21. The lowest BCUT2D eigenvalue weighted by Crippen LogP contribution is -2.00. The lowest BCUT2D eigenvalue weighted by Gasteiger charge is -2.06. The van der Waals surface area contributed by atoms with E-state index in [1.807, 2.05) is 12.3 Å². The second kappa shape index (κ2) is 3.78. The molecular weight excluding hydrogens is 312 g/mol. The van der Waals surface area contributed by atoms with Crippen LogP contribution in [0.1, 0.15) is 0 Å². The van der Waals surface area contributed by atoms with Crippen molar-refractivity contribution >= 4 is 39.9 Å². The zero-order valence-corrected chi connectivity index (χ0v) is 10.0. The summed E-state index contributed by atoms with van der Waals surface area (Å²) in [6.07, 6.45) is 3.63. The molecule has 0 atom stereocenters. The van der Waals surface area contributed by atoms with Crippen molar-refractivity contribution in [3.8, 4) is 5.69 Å². The van der Waals surface area contributed by atoms with Gasteiger partial charge in [-0.2, -0.15) is 5.10 Å². The lowest BCUT2D eigenvalue weighted by atomic mass is 10.3. The van der Waals surface area contributed by atoms with E-state index in [-0.39, 0.29) is 0 Å². The Kier molecular flexibility index (Phi) is 2.64. The highest BCUT2D eigenvalue weighted by Crippen LogP contribution is 2.25. The molecular formula is C9H7ClIN3. The van der Waals surface area contributed by atoms with Gasteiger partial charge in [0.2, 0.25) is 0 Å². The van der Waals surface area contributed by atoms with Crippen LogP contribution in [-0.4, -0.2) is 9.78 Å². The highest BCUT2D eigenvalue weighted by Gasteiger charge is 2.07. The maximum Gasteiger partial charge on any atom is 0.106 e. The number of halogens is 2. The van der Waals surface area contributed by atoms with Gasteiger partial charge in [-0.05, 0) is 34.7 Å². The van der Waals surface area contributed by atoms with Gasteiger partial charge in [0.1, 0.15) is 5.69 Å². The first-order chi connectivity index (χ1) is 6.68. The van der Waals surface area contributed by atoms with Gasteiger partial charge in [0, 0.05) is 6.20 Å². The van der Waals surface area contributed by atoms with Crippen LogP contribution < -0.4 is 5.73 Å². The van der Waals surface area contributed by atoms with Crippen LogP contribution in [0.5, 0.6) is 0 Å². The number of hydrogen-bond acceptors (Lipinski definition) is 2. The average molecular weight is 320 g/mol. The molecule has 0 saturated carbocycles. The zero-order valence-electron chi connectivity index (χ0n) is 7.11. The highest BCUT2D eigenvalue weighted by molar-refractivity contribution is 14.1. The van der Waals surface area contributed by atoms with E-state index in [4.69, 9.17) is 17.3 Å². The minimum Gasteiger partial charge on any atom is -0.397 e. The Balaban J connectivity index is 2.61. The van der Waals surface area contributed by atoms with E-state index in [1.165, 1.54) is 0 Å². The zero-order chi connectivity index (χ0) is 10.1. The van der Waals surface area contributed by atoms with E-state index in [1.54, 1.807) is 23.0 Å². The summed E-state index contributed by atoms with van der Waals surface area (Å²) in [4.78, 5) is 0. The number of hydrogen-bond donors (Lipinski definition) is 1. The van der Waals surface area contributed by atoms with Gasteiger partial charge < -0.3 is 5.73 Å². The van der Waals surface area contributed by atoms with Crippen LogP contribution in [-0.2, 0) is 0 Å². The molecule has 0 fully saturated rings. The van der Waals surface area contributed by atoms with Crippen LogP contribution in [0.2, 0.25) is 5.02 Å². The number of nitrogen functional groups attached to an aromatic ring is 1. The first-order valence-corrected chi connectivity index (χ1v) is 5.38. The SMILES string of the molecule is Nc1cccc(Cl)c1-n1cc(I)cn1. The Hall–Kier alpha value is -0.750. The van der Waals surface area contributed by atoms with Crippen molar-refractivity contribution in [2.24, 2.45) is 0 Å². The second-order valence-corrected chi connectivity index (χ2v) is 4.43. The van der Waals surface area contributed by atoms with Crippen LogP contribution in [0.25, 0.3) is 5.69 Å². The number of rotatable bonds is 1. The molecule has 0 aliphatic heterocycles. The smallest absolute Gasteiger partial charge is 0.106 e. The largest absolute Gasteiger partial charge is 0.397 e. The lowest BCUT2D eigenvalue weighted by molar-refractivity contribution is 0.883. The summed E-state index contributed by atoms with van der Waals surface area (Å²) in [6, 6.07) is 5.41. The van der Waals surface area contributed by atoms with E-state index in [0.717, 1.165) is 9.26 Å². The highest BCUT2D eigenvalue weighted by atomic mass is 127. The predicted molar refractivity (Wildman–Crippen MR) is 65.7 cm³/mol. The van der Waals surface area contributed by atoms with Crippen molar-refractivity contribution in [3.63, 3.8) is 0 Å². The predicted octanol–water partition coefficient (Wildman–Crippen LogP) is 2.71.